The minimum absolute atomic E-state index is 0.0406. The van der Waals surface area contributed by atoms with Crippen molar-refractivity contribution in [2.75, 3.05) is 11.9 Å². The summed E-state index contributed by atoms with van der Waals surface area (Å²) in [5.74, 6) is -0.332. The molecule has 0 saturated heterocycles. The third kappa shape index (κ3) is 6.25. The normalized spacial score (nSPS) is 12.1. The maximum atomic E-state index is 13.6. The van der Waals surface area contributed by atoms with Crippen LogP contribution in [0.2, 0.25) is 0 Å². The quantitative estimate of drug-likeness (QED) is 0.808. The lowest BCUT2D eigenvalue weighted by atomic mass is 9.94. The molecule has 4 nitrogen and oxygen atoms in total. The first-order valence-electron chi connectivity index (χ1n) is 6.80. The summed E-state index contributed by atoms with van der Waals surface area (Å²) in [7, 11) is 0. The van der Waals surface area contributed by atoms with Crippen LogP contribution in [0.4, 0.5) is 14.9 Å². The van der Waals surface area contributed by atoms with Crippen LogP contribution in [0.15, 0.2) is 22.7 Å². The Balaban J connectivity index is 2.54. The minimum Gasteiger partial charge on any atom is -0.337 e. The van der Waals surface area contributed by atoms with Gasteiger partial charge in [-0.1, -0.05) is 29.8 Å². The topological polar surface area (TPSA) is 58.2 Å². The van der Waals surface area contributed by atoms with Crippen molar-refractivity contribution in [2.45, 2.75) is 27.2 Å². The number of hydrogen-bond acceptors (Lipinski definition) is 2. The zero-order chi connectivity index (χ0) is 16.0. The lowest BCUT2D eigenvalue weighted by Gasteiger charge is -2.17. The molecule has 0 bridgehead atoms. The molecule has 0 heterocycles. The first-order chi connectivity index (χ1) is 9.79. The number of urea groups is 1. The summed E-state index contributed by atoms with van der Waals surface area (Å²) in [6, 6.07) is 3.85. The molecular weight excluding hydrogens is 339 g/mol. The van der Waals surface area contributed by atoms with E-state index in [1.54, 1.807) is 6.07 Å². The zero-order valence-electron chi connectivity index (χ0n) is 12.4. The standard InChI is InChI=1S/C15H20BrFN2O2/c1-9(2)6-11(10(3)20)8-18-15(21)19-14-5-4-12(16)7-13(14)17/h4-5,7,9,11H,6,8H2,1-3H3,(H2,18,19,21). The Bertz CT molecular complexity index is 520. The maximum Gasteiger partial charge on any atom is 0.319 e. The Labute approximate surface area is 132 Å². The molecule has 0 spiro atoms. The first kappa shape index (κ1) is 17.6. The van der Waals surface area contributed by atoms with Crippen molar-refractivity contribution in [2.24, 2.45) is 11.8 Å². The Kier molecular flexibility index (Phi) is 6.81. The predicted octanol–water partition coefficient (Wildman–Crippen LogP) is 3.96. The first-order valence-corrected chi connectivity index (χ1v) is 7.59. The summed E-state index contributed by atoms with van der Waals surface area (Å²) in [5.41, 5.74) is 0.0962. The van der Waals surface area contributed by atoms with E-state index in [2.05, 4.69) is 26.6 Å². The molecular formula is C15H20BrFN2O2. The van der Waals surface area contributed by atoms with Crippen LogP contribution in [-0.4, -0.2) is 18.4 Å². The number of rotatable bonds is 6. The highest BCUT2D eigenvalue weighted by Gasteiger charge is 2.17. The molecule has 1 aromatic carbocycles. The molecule has 0 fully saturated rings. The zero-order valence-corrected chi connectivity index (χ0v) is 14.0. The Morgan fingerprint density at radius 3 is 2.52 bits per heavy atom. The number of anilines is 1. The number of carbonyl (C=O) groups excluding carboxylic acids is 2. The monoisotopic (exact) mass is 358 g/mol. The molecule has 0 aromatic heterocycles. The summed E-state index contributed by atoms with van der Waals surface area (Å²) in [4.78, 5) is 23.3. The molecule has 21 heavy (non-hydrogen) atoms. The van der Waals surface area contributed by atoms with Crippen molar-refractivity contribution in [3.8, 4) is 0 Å². The average Bonchev–Trinajstić information content (AvgIpc) is 2.37. The van der Waals surface area contributed by atoms with Crippen LogP contribution in [-0.2, 0) is 4.79 Å². The van der Waals surface area contributed by atoms with Gasteiger partial charge < -0.3 is 10.6 Å². The molecule has 2 amide bonds. The number of nitrogens with one attached hydrogen (secondary N) is 2. The molecule has 1 rings (SSSR count). The highest BCUT2D eigenvalue weighted by molar-refractivity contribution is 9.10. The predicted molar refractivity (Wildman–Crippen MR) is 84.7 cm³/mol. The van der Waals surface area contributed by atoms with E-state index in [9.17, 15) is 14.0 Å². The van der Waals surface area contributed by atoms with Crippen molar-refractivity contribution in [3.05, 3.63) is 28.5 Å². The Morgan fingerprint density at radius 1 is 1.33 bits per heavy atom. The maximum absolute atomic E-state index is 13.6. The van der Waals surface area contributed by atoms with Crippen LogP contribution in [0.3, 0.4) is 0 Å². The number of amides is 2. The van der Waals surface area contributed by atoms with Crippen molar-refractivity contribution < 1.29 is 14.0 Å². The van der Waals surface area contributed by atoms with E-state index in [1.165, 1.54) is 19.1 Å². The van der Waals surface area contributed by atoms with Crippen molar-refractivity contribution >= 4 is 33.4 Å². The number of carbonyl (C=O) groups is 2. The van der Waals surface area contributed by atoms with Gasteiger partial charge in [-0.2, -0.15) is 0 Å². The van der Waals surface area contributed by atoms with Gasteiger partial charge >= 0.3 is 6.03 Å². The van der Waals surface area contributed by atoms with Crippen LogP contribution in [0, 0.1) is 17.7 Å². The molecule has 1 unspecified atom stereocenters. The van der Waals surface area contributed by atoms with Crippen molar-refractivity contribution in [1.82, 2.24) is 5.32 Å². The second kappa shape index (κ2) is 8.12. The molecule has 0 aliphatic carbocycles. The van der Waals surface area contributed by atoms with Gasteiger partial charge in [0, 0.05) is 16.9 Å². The van der Waals surface area contributed by atoms with Crippen LogP contribution < -0.4 is 10.6 Å². The summed E-state index contributed by atoms with van der Waals surface area (Å²) in [5, 5.41) is 5.04. The smallest absolute Gasteiger partial charge is 0.319 e. The van der Waals surface area contributed by atoms with E-state index in [1.807, 2.05) is 13.8 Å². The number of ketones is 1. The molecule has 0 aliphatic rings. The van der Waals surface area contributed by atoms with E-state index >= 15 is 0 Å². The fourth-order valence-electron chi connectivity index (χ4n) is 1.94. The molecule has 0 saturated carbocycles. The van der Waals surface area contributed by atoms with Crippen LogP contribution >= 0.6 is 15.9 Å². The summed E-state index contributed by atoms with van der Waals surface area (Å²) < 4.78 is 14.2. The third-order valence-electron chi connectivity index (χ3n) is 3.02. The minimum atomic E-state index is -0.523. The molecule has 0 radical (unpaired) electrons. The van der Waals surface area contributed by atoms with Gasteiger partial charge in [-0.3, -0.25) is 4.79 Å². The average molecular weight is 359 g/mol. The van der Waals surface area contributed by atoms with Crippen LogP contribution in [0.5, 0.6) is 0 Å². The number of benzene rings is 1. The highest BCUT2D eigenvalue weighted by atomic mass is 79.9. The van der Waals surface area contributed by atoms with Gasteiger partial charge in [0.25, 0.3) is 0 Å². The summed E-state index contributed by atoms with van der Waals surface area (Å²) in [6.45, 7) is 5.80. The molecule has 6 heteroatoms. The van der Waals surface area contributed by atoms with Gasteiger partial charge in [0.15, 0.2) is 0 Å². The van der Waals surface area contributed by atoms with Gasteiger partial charge in [-0.05, 0) is 37.5 Å². The van der Waals surface area contributed by atoms with Gasteiger partial charge in [0.2, 0.25) is 0 Å². The van der Waals surface area contributed by atoms with E-state index in [4.69, 9.17) is 0 Å². The number of Topliss-reactive ketones (excluding diaryl/α,β-unsaturated/α-hetero) is 1. The van der Waals surface area contributed by atoms with Crippen molar-refractivity contribution in [1.29, 1.82) is 0 Å². The Hall–Kier alpha value is -1.43. The molecule has 2 N–H and O–H groups in total. The van der Waals surface area contributed by atoms with Crippen LogP contribution in [0.1, 0.15) is 27.2 Å². The van der Waals surface area contributed by atoms with Gasteiger partial charge in [0.05, 0.1) is 5.69 Å². The molecule has 1 aromatic rings. The second-order valence-corrected chi connectivity index (χ2v) is 6.31. The molecule has 1 atom stereocenters. The van der Waals surface area contributed by atoms with Crippen LogP contribution in [0.25, 0.3) is 0 Å². The van der Waals surface area contributed by atoms with E-state index in [-0.39, 0.29) is 23.9 Å². The SMILES string of the molecule is CC(=O)C(CNC(=O)Nc1ccc(Br)cc1F)CC(C)C. The lowest BCUT2D eigenvalue weighted by molar-refractivity contribution is -0.121. The van der Waals surface area contributed by atoms with Gasteiger partial charge in [-0.15, -0.1) is 0 Å². The second-order valence-electron chi connectivity index (χ2n) is 5.40. The molecule has 116 valence electrons. The summed E-state index contributed by atoms with van der Waals surface area (Å²) in [6.07, 6.45) is 0.711. The largest absolute Gasteiger partial charge is 0.337 e. The number of hydrogen-bond donors (Lipinski definition) is 2. The fraction of sp³-hybridized carbons (Fsp3) is 0.467. The highest BCUT2D eigenvalue weighted by Crippen LogP contribution is 2.19. The van der Waals surface area contributed by atoms with E-state index < -0.39 is 11.8 Å². The third-order valence-corrected chi connectivity index (χ3v) is 3.51. The van der Waals surface area contributed by atoms with E-state index in [0.717, 1.165) is 0 Å². The Morgan fingerprint density at radius 2 is 2.00 bits per heavy atom. The van der Waals surface area contributed by atoms with Gasteiger partial charge in [-0.25, -0.2) is 9.18 Å². The summed E-state index contributed by atoms with van der Waals surface area (Å²) >= 11 is 3.15. The number of halogens is 2. The van der Waals surface area contributed by atoms with Crippen molar-refractivity contribution in [3.63, 3.8) is 0 Å². The molecule has 0 aliphatic heterocycles. The van der Waals surface area contributed by atoms with Gasteiger partial charge in [0.1, 0.15) is 11.6 Å². The lowest BCUT2D eigenvalue weighted by Crippen LogP contribution is -2.35. The van der Waals surface area contributed by atoms with E-state index in [0.29, 0.717) is 16.8 Å². The fourth-order valence-corrected chi connectivity index (χ4v) is 2.27.